The van der Waals surface area contributed by atoms with Gasteiger partial charge in [-0.2, -0.15) is 0 Å². The summed E-state index contributed by atoms with van der Waals surface area (Å²) in [6, 6.07) is 3.43. The van der Waals surface area contributed by atoms with Crippen molar-refractivity contribution in [3.8, 4) is 5.75 Å². The average molecular weight is 244 g/mol. The molecule has 1 rings (SSSR count). The monoisotopic (exact) mass is 244 g/mol. The van der Waals surface area contributed by atoms with E-state index in [1.807, 2.05) is 0 Å². The van der Waals surface area contributed by atoms with E-state index in [0.29, 0.717) is 0 Å². The Labute approximate surface area is 97.7 Å². The van der Waals surface area contributed by atoms with Gasteiger partial charge in [0.05, 0.1) is 5.41 Å². The van der Waals surface area contributed by atoms with E-state index in [9.17, 15) is 18.7 Å². The normalized spacial score (nSPS) is 11.8. The molecule has 0 aliphatic rings. The zero-order chi connectivity index (χ0) is 13.2. The van der Waals surface area contributed by atoms with E-state index in [0.717, 1.165) is 18.2 Å². The number of carboxylic acids is 1. The Kier molecular flexibility index (Phi) is 3.70. The fraction of sp³-hybridized carbons (Fsp3) is 0.417. The highest BCUT2D eigenvalue weighted by atomic mass is 19.3. The van der Waals surface area contributed by atoms with Gasteiger partial charge in [-0.1, -0.05) is 0 Å². The van der Waals surface area contributed by atoms with Gasteiger partial charge >= 0.3 is 5.97 Å². The summed E-state index contributed by atoms with van der Waals surface area (Å²) in [7, 11) is 0. The smallest absolute Gasteiger partial charge is 0.309 e. The molecule has 1 aromatic rings. The lowest BCUT2D eigenvalue weighted by atomic mass is 9.85. The molecular weight excluding hydrogens is 230 g/mol. The van der Waals surface area contributed by atoms with Crippen molar-refractivity contribution < 1.29 is 23.8 Å². The fourth-order valence-corrected chi connectivity index (χ4v) is 1.43. The Morgan fingerprint density at radius 2 is 2.00 bits per heavy atom. The Morgan fingerprint density at radius 3 is 2.47 bits per heavy atom. The number of hydrogen-bond acceptors (Lipinski definition) is 2. The van der Waals surface area contributed by atoms with Gasteiger partial charge < -0.3 is 10.2 Å². The molecule has 17 heavy (non-hydrogen) atoms. The summed E-state index contributed by atoms with van der Waals surface area (Å²) in [6.45, 7) is 2.95. The van der Waals surface area contributed by atoms with Gasteiger partial charge in [0.25, 0.3) is 6.43 Å². The molecule has 0 aliphatic carbocycles. The van der Waals surface area contributed by atoms with E-state index >= 15 is 0 Å². The summed E-state index contributed by atoms with van der Waals surface area (Å²) in [6.07, 6.45) is -2.64. The van der Waals surface area contributed by atoms with E-state index in [2.05, 4.69) is 0 Å². The van der Waals surface area contributed by atoms with Crippen LogP contribution < -0.4 is 0 Å². The summed E-state index contributed by atoms with van der Waals surface area (Å²) in [5, 5.41) is 18.5. The minimum absolute atomic E-state index is 0.00523. The van der Waals surface area contributed by atoms with Gasteiger partial charge in [0, 0.05) is 5.56 Å². The minimum Gasteiger partial charge on any atom is -0.508 e. The molecule has 0 aromatic heterocycles. The number of aliphatic carboxylic acids is 1. The van der Waals surface area contributed by atoms with Crippen molar-refractivity contribution in [1.82, 2.24) is 0 Å². The molecule has 2 N–H and O–H groups in total. The minimum atomic E-state index is -2.64. The van der Waals surface area contributed by atoms with Crippen molar-refractivity contribution in [1.29, 1.82) is 0 Å². The van der Waals surface area contributed by atoms with E-state index in [1.54, 1.807) is 0 Å². The van der Waals surface area contributed by atoms with Crippen LogP contribution in [-0.4, -0.2) is 16.2 Å². The Balaban J connectivity index is 3.05. The molecule has 0 atom stereocenters. The molecule has 94 valence electrons. The number of carbonyl (C=O) groups is 1. The number of rotatable bonds is 4. The van der Waals surface area contributed by atoms with Crippen LogP contribution in [0.3, 0.4) is 0 Å². The first-order valence-electron chi connectivity index (χ1n) is 5.07. The lowest BCUT2D eigenvalue weighted by Crippen LogP contribution is -2.26. The number of carboxylic acid groups (broad SMARTS) is 1. The number of phenolic OH excluding ortho intramolecular Hbond substituents is 1. The Morgan fingerprint density at radius 1 is 1.41 bits per heavy atom. The summed E-state index contributed by atoms with van der Waals surface area (Å²) < 4.78 is 24.9. The molecule has 0 aliphatic heterocycles. The van der Waals surface area contributed by atoms with Crippen molar-refractivity contribution in [3.63, 3.8) is 0 Å². The van der Waals surface area contributed by atoms with Crippen molar-refractivity contribution in [2.24, 2.45) is 5.41 Å². The molecule has 3 nitrogen and oxygen atoms in total. The van der Waals surface area contributed by atoms with E-state index in [-0.39, 0.29) is 23.3 Å². The number of hydrogen-bond donors (Lipinski definition) is 2. The maximum absolute atomic E-state index is 12.5. The predicted molar refractivity (Wildman–Crippen MR) is 58.2 cm³/mol. The standard InChI is InChI=1S/C12H14F2O3/c1-12(2,11(16)17)6-8-5-7(10(13)14)3-4-9(8)15/h3-5,10,15H,6H2,1-2H3,(H,16,17). The quantitative estimate of drug-likeness (QED) is 0.856. The number of benzene rings is 1. The molecule has 1 aromatic carbocycles. The summed E-state index contributed by atoms with van der Waals surface area (Å²) >= 11 is 0. The van der Waals surface area contributed by atoms with Crippen molar-refractivity contribution in [2.45, 2.75) is 26.7 Å². The van der Waals surface area contributed by atoms with E-state index in [1.165, 1.54) is 13.8 Å². The van der Waals surface area contributed by atoms with Gasteiger partial charge in [-0.3, -0.25) is 4.79 Å². The number of phenols is 1. The third kappa shape index (κ3) is 3.15. The Bertz CT molecular complexity index is 428. The van der Waals surface area contributed by atoms with E-state index in [4.69, 9.17) is 5.11 Å². The van der Waals surface area contributed by atoms with Crippen LogP contribution in [0.1, 0.15) is 31.4 Å². The lowest BCUT2D eigenvalue weighted by molar-refractivity contribution is -0.146. The van der Waals surface area contributed by atoms with Crippen LogP contribution in [0.2, 0.25) is 0 Å². The SMILES string of the molecule is CC(C)(Cc1cc(C(F)F)ccc1O)C(=O)O. The van der Waals surface area contributed by atoms with Crippen molar-refractivity contribution in [3.05, 3.63) is 29.3 Å². The second-order valence-electron chi connectivity index (χ2n) is 4.55. The van der Waals surface area contributed by atoms with Crippen molar-refractivity contribution in [2.75, 3.05) is 0 Å². The largest absolute Gasteiger partial charge is 0.508 e. The van der Waals surface area contributed by atoms with Crippen LogP contribution in [0.25, 0.3) is 0 Å². The maximum atomic E-state index is 12.5. The first-order valence-corrected chi connectivity index (χ1v) is 5.07. The summed E-state index contributed by atoms with van der Waals surface area (Å²) in [5.41, 5.74) is -1.12. The van der Waals surface area contributed by atoms with Gasteiger partial charge in [-0.15, -0.1) is 0 Å². The molecule has 5 heteroatoms. The maximum Gasteiger partial charge on any atom is 0.309 e. The highest BCUT2D eigenvalue weighted by Gasteiger charge is 2.28. The van der Waals surface area contributed by atoms with E-state index < -0.39 is 17.8 Å². The second kappa shape index (κ2) is 4.69. The van der Waals surface area contributed by atoms with Crippen LogP contribution in [-0.2, 0) is 11.2 Å². The second-order valence-corrected chi connectivity index (χ2v) is 4.55. The zero-order valence-electron chi connectivity index (χ0n) is 9.58. The first-order chi connectivity index (χ1) is 7.74. The van der Waals surface area contributed by atoms with Crippen LogP contribution >= 0.6 is 0 Å². The first kappa shape index (κ1) is 13.4. The molecule has 0 amide bonds. The van der Waals surface area contributed by atoms with Crippen LogP contribution in [0.15, 0.2) is 18.2 Å². The molecule has 0 saturated carbocycles. The highest BCUT2D eigenvalue weighted by molar-refractivity contribution is 5.74. The molecule has 0 bridgehead atoms. The third-order valence-electron chi connectivity index (χ3n) is 2.57. The van der Waals surface area contributed by atoms with Gasteiger partial charge in [0.1, 0.15) is 5.75 Å². The third-order valence-corrected chi connectivity index (χ3v) is 2.57. The molecular formula is C12H14F2O3. The number of aromatic hydroxyl groups is 1. The summed E-state index contributed by atoms with van der Waals surface area (Å²) in [4.78, 5) is 10.9. The molecule has 0 heterocycles. The predicted octanol–water partition coefficient (Wildman–Crippen LogP) is 2.98. The highest BCUT2D eigenvalue weighted by Crippen LogP contribution is 2.30. The van der Waals surface area contributed by atoms with Crippen LogP contribution in [0.5, 0.6) is 5.75 Å². The van der Waals surface area contributed by atoms with Crippen LogP contribution in [0.4, 0.5) is 8.78 Å². The molecule has 0 fully saturated rings. The molecule has 0 radical (unpaired) electrons. The van der Waals surface area contributed by atoms with Gasteiger partial charge in [0.2, 0.25) is 0 Å². The van der Waals surface area contributed by atoms with Gasteiger partial charge in [-0.05, 0) is 44.0 Å². The Hall–Kier alpha value is -1.65. The molecule has 0 unspecified atom stereocenters. The topological polar surface area (TPSA) is 57.5 Å². The number of alkyl halides is 2. The van der Waals surface area contributed by atoms with Crippen molar-refractivity contribution >= 4 is 5.97 Å². The number of halogens is 2. The lowest BCUT2D eigenvalue weighted by Gasteiger charge is -2.20. The fourth-order valence-electron chi connectivity index (χ4n) is 1.43. The zero-order valence-corrected chi connectivity index (χ0v) is 9.58. The summed E-state index contributed by atoms with van der Waals surface area (Å²) in [5.74, 6) is -1.21. The van der Waals surface area contributed by atoms with Gasteiger partial charge in [-0.25, -0.2) is 8.78 Å². The molecule has 0 spiro atoms. The average Bonchev–Trinajstić information content (AvgIpc) is 2.20. The van der Waals surface area contributed by atoms with Gasteiger partial charge in [0.15, 0.2) is 0 Å². The van der Waals surface area contributed by atoms with Crippen LogP contribution in [0, 0.1) is 5.41 Å². The molecule has 0 saturated heterocycles.